The Morgan fingerprint density at radius 3 is 2.50 bits per heavy atom. The molecule has 7 heteroatoms. The third-order valence-corrected chi connectivity index (χ3v) is 6.59. The van der Waals surface area contributed by atoms with E-state index >= 15 is 0 Å². The number of hydrogen-bond donors (Lipinski definition) is 1. The van der Waals surface area contributed by atoms with E-state index in [0.717, 1.165) is 26.0 Å². The van der Waals surface area contributed by atoms with Gasteiger partial charge >= 0.3 is 0 Å². The van der Waals surface area contributed by atoms with Crippen molar-refractivity contribution < 1.29 is 0 Å². The van der Waals surface area contributed by atoms with E-state index in [0.29, 0.717) is 13.1 Å². The number of aryl methyl sites for hydroxylation is 1. The number of rotatable bonds is 6. The molecule has 0 aliphatic heterocycles. The summed E-state index contributed by atoms with van der Waals surface area (Å²) in [5, 5.41) is 18.3. The van der Waals surface area contributed by atoms with E-state index in [1.165, 1.54) is 16.7 Å². The number of aromatic nitrogens is 4. The molecule has 0 spiro atoms. The molecule has 0 unspecified atom stereocenters. The molecular weight excluding hydrogens is 434 g/mol. The van der Waals surface area contributed by atoms with Crippen LogP contribution in [0.4, 0.5) is 5.13 Å². The quantitative estimate of drug-likeness (QED) is 0.422. The molecule has 0 atom stereocenters. The maximum absolute atomic E-state index is 4.54. The van der Waals surface area contributed by atoms with E-state index in [9.17, 15) is 0 Å². The first-order valence-corrected chi connectivity index (χ1v) is 10.6. The predicted octanol–water partition coefficient (Wildman–Crippen LogP) is 5.44. The second kappa shape index (κ2) is 8.24. The number of anilines is 1. The third kappa shape index (κ3) is 4.00. The predicted molar refractivity (Wildman–Crippen MR) is 118 cm³/mol. The first-order chi connectivity index (χ1) is 13.6. The molecule has 0 saturated heterocycles. The molecule has 0 bridgehead atoms. The van der Waals surface area contributed by atoms with Crippen molar-refractivity contribution in [1.82, 2.24) is 20.0 Å². The Hall–Kier alpha value is -2.51. The zero-order valence-corrected chi connectivity index (χ0v) is 18.1. The van der Waals surface area contributed by atoms with Crippen LogP contribution in [0.3, 0.4) is 0 Å². The van der Waals surface area contributed by atoms with Crippen LogP contribution in [-0.4, -0.2) is 20.0 Å². The van der Waals surface area contributed by atoms with E-state index in [2.05, 4.69) is 85.1 Å². The fraction of sp³-hybridized carbons (Fsp3) is 0.190. The van der Waals surface area contributed by atoms with Gasteiger partial charge in [-0.05, 0) is 46.5 Å². The molecule has 5 nitrogen and oxygen atoms in total. The first-order valence-electron chi connectivity index (χ1n) is 9.01. The maximum atomic E-state index is 4.54. The Labute approximate surface area is 176 Å². The lowest BCUT2D eigenvalue weighted by Crippen LogP contribution is -2.03. The molecule has 2 aromatic heterocycles. The summed E-state index contributed by atoms with van der Waals surface area (Å²) >= 11 is 5.13. The highest BCUT2D eigenvalue weighted by Gasteiger charge is 2.12. The minimum atomic E-state index is 0.623. The van der Waals surface area contributed by atoms with Crippen LogP contribution in [0.2, 0.25) is 0 Å². The SMILES string of the molecule is Cc1nn(Cc2nnc(NCc3ccccc3-c3ccccc3)s2)c(C)c1Br. The van der Waals surface area contributed by atoms with Crippen LogP contribution in [0, 0.1) is 13.8 Å². The summed E-state index contributed by atoms with van der Waals surface area (Å²) in [7, 11) is 0. The van der Waals surface area contributed by atoms with Crippen LogP contribution in [0.1, 0.15) is 22.0 Å². The number of benzene rings is 2. The van der Waals surface area contributed by atoms with Crippen molar-refractivity contribution in [2.45, 2.75) is 26.9 Å². The van der Waals surface area contributed by atoms with Crippen molar-refractivity contribution >= 4 is 32.4 Å². The van der Waals surface area contributed by atoms with Crippen molar-refractivity contribution in [3.63, 3.8) is 0 Å². The molecule has 0 fully saturated rings. The minimum absolute atomic E-state index is 0.623. The van der Waals surface area contributed by atoms with Crippen molar-refractivity contribution in [1.29, 1.82) is 0 Å². The maximum Gasteiger partial charge on any atom is 0.206 e. The lowest BCUT2D eigenvalue weighted by atomic mass is 10.00. The van der Waals surface area contributed by atoms with Gasteiger partial charge in [-0.1, -0.05) is 65.9 Å². The summed E-state index contributed by atoms with van der Waals surface area (Å²) in [5.41, 5.74) is 5.76. The molecule has 28 heavy (non-hydrogen) atoms. The van der Waals surface area contributed by atoms with Gasteiger partial charge in [-0.25, -0.2) is 0 Å². The molecule has 0 radical (unpaired) electrons. The standard InChI is InChI=1S/C21H20BrN5S/c1-14-20(22)15(2)27(26-14)13-19-24-25-21(28-19)23-12-17-10-6-7-11-18(17)16-8-4-3-5-9-16/h3-11H,12-13H2,1-2H3,(H,23,25). The van der Waals surface area contributed by atoms with Crippen LogP contribution in [-0.2, 0) is 13.1 Å². The summed E-state index contributed by atoms with van der Waals surface area (Å²) in [6.45, 7) is 5.36. The fourth-order valence-electron chi connectivity index (χ4n) is 3.09. The van der Waals surface area contributed by atoms with Crippen molar-refractivity contribution in [3.8, 4) is 11.1 Å². The largest absolute Gasteiger partial charge is 0.356 e. The topological polar surface area (TPSA) is 55.6 Å². The molecule has 142 valence electrons. The molecule has 4 aromatic rings. The molecule has 0 saturated carbocycles. The average Bonchev–Trinajstić information content (AvgIpc) is 3.27. The lowest BCUT2D eigenvalue weighted by molar-refractivity contribution is 0.651. The zero-order valence-electron chi connectivity index (χ0n) is 15.7. The van der Waals surface area contributed by atoms with Gasteiger partial charge < -0.3 is 5.32 Å². The van der Waals surface area contributed by atoms with Gasteiger partial charge in [0.25, 0.3) is 0 Å². The molecule has 0 aliphatic carbocycles. The van der Waals surface area contributed by atoms with Gasteiger partial charge in [0.2, 0.25) is 5.13 Å². The number of nitrogens with zero attached hydrogens (tertiary/aromatic N) is 4. The monoisotopic (exact) mass is 453 g/mol. The zero-order chi connectivity index (χ0) is 19.5. The Kier molecular flexibility index (Phi) is 5.54. The molecule has 0 aliphatic rings. The van der Waals surface area contributed by atoms with Gasteiger partial charge in [-0.15, -0.1) is 10.2 Å². The summed E-state index contributed by atoms with van der Waals surface area (Å²) in [5.74, 6) is 0. The molecule has 4 rings (SSSR count). The molecule has 2 heterocycles. The van der Waals surface area contributed by atoms with Gasteiger partial charge in [0.05, 0.1) is 22.4 Å². The number of halogens is 1. The second-order valence-corrected chi connectivity index (χ2v) is 8.38. The van der Waals surface area contributed by atoms with Crippen molar-refractivity contribution in [2.75, 3.05) is 5.32 Å². The Morgan fingerprint density at radius 2 is 1.75 bits per heavy atom. The van der Waals surface area contributed by atoms with Crippen LogP contribution in [0.15, 0.2) is 59.1 Å². The smallest absolute Gasteiger partial charge is 0.206 e. The summed E-state index contributed by atoms with van der Waals surface area (Å²) in [4.78, 5) is 0. The minimum Gasteiger partial charge on any atom is -0.356 e. The molecule has 1 N–H and O–H groups in total. The van der Waals surface area contributed by atoms with Crippen LogP contribution in [0.25, 0.3) is 11.1 Å². The van der Waals surface area contributed by atoms with E-state index < -0.39 is 0 Å². The highest BCUT2D eigenvalue weighted by Crippen LogP contribution is 2.26. The second-order valence-electron chi connectivity index (χ2n) is 6.52. The molecule has 2 aromatic carbocycles. The summed E-state index contributed by atoms with van der Waals surface area (Å²) in [6, 6.07) is 18.9. The third-order valence-electron chi connectivity index (χ3n) is 4.58. The van der Waals surface area contributed by atoms with Crippen LogP contribution in [0.5, 0.6) is 0 Å². The first kappa shape index (κ1) is 18.8. The van der Waals surface area contributed by atoms with E-state index in [-0.39, 0.29) is 0 Å². The van der Waals surface area contributed by atoms with Crippen LogP contribution >= 0.6 is 27.3 Å². The molecule has 0 amide bonds. The van der Waals surface area contributed by atoms with Crippen molar-refractivity contribution in [3.05, 3.63) is 81.0 Å². The van der Waals surface area contributed by atoms with E-state index in [4.69, 9.17) is 0 Å². The highest BCUT2D eigenvalue weighted by molar-refractivity contribution is 9.10. The number of hydrogen-bond acceptors (Lipinski definition) is 5. The van der Waals surface area contributed by atoms with Gasteiger partial charge in [0.1, 0.15) is 5.01 Å². The van der Waals surface area contributed by atoms with E-state index in [1.807, 2.05) is 24.6 Å². The molecular formula is C21H20BrN5S. The average molecular weight is 454 g/mol. The van der Waals surface area contributed by atoms with E-state index in [1.54, 1.807) is 11.3 Å². The summed E-state index contributed by atoms with van der Waals surface area (Å²) < 4.78 is 3.00. The van der Waals surface area contributed by atoms with Crippen molar-refractivity contribution in [2.24, 2.45) is 0 Å². The summed E-state index contributed by atoms with van der Waals surface area (Å²) in [6.07, 6.45) is 0. The highest BCUT2D eigenvalue weighted by atomic mass is 79.9. The van der Waals surface area contributed by atoms with Crippen LogP contribution < -0.4 is 5.32 Å². The lowest BCUT2D eigenvalue weighted by Gasteiger charge is -2.10. The van der Waals surface area contributed by atoms with Gasteiger partial charge in [0.15, 0.2) is 0 Å². The van der Waals surface area contributed by atoms with Gasteiger partial charge in [-0.2, -0.15) is 5.10 Å². The Balaban J connectivity index is 1.46. The fourth-order valence-corrected chi connectivity index (χ4v) is 4.09. The normalized spacial score (nSPS) is 11.0. The Morgan fingerprint density at radius 1 is 1.00 bits per heavy atom. The van der Waals surface area contributed by atoms with Gasteiger partial charge in [-0.3, -0.25) is 4.68 Å². The van der Waals surface area contributed by atoms with Gasteiger partial charge in [0, 0.05) is 6.54 Å². The number of nitrogens with one attached hydrogen (secondary N) is 1. The Bertz CT molecular complexity index is 1090.